The summed E-state index contributed by atoms with van der Waals surface area (Å²) in [5, 5.41) is 11.8. The lowest BCUT2D eigenvalue weighted by Crippen LogP contribution is -2.12. The zero-order valence-electron chi connectivity index (χ0n) is 9.54. The molecule has 0 bridgehead atoms. The van der Waals surface area contributed by atoms with Gasteiger partial charge in [-0.1, -0.05) is 6.07 Å². The number of aromatic nitrogens is 6. The van der Waals surface area contributed by atoms with Crippen molar-refractivity contribution in [2.75, 3.05) is 0 Å². The maximum atomic E-state index is 11.8. The smallest absolute Gasteiger partial charge is 0.275 e. The van der Waals surface area contributed by atoms with E-state index in [-0.39, 0.29) is 10.3 Å². The van der Waals surface area contributed by atoms with Crippen molar-refractivity contribution in [1.29, 1.82) is 0 Å². The molecule has 0 aromatic carbocycles. The number of rotatable bonds is 2. The second-order valence-electron chi connectivity index (χ2n) is 3.73. The number of hydrogen-bond donors (Lipinski definition) is 3. The third kappa shape index (κ3) is 2.20. The van der Waals surface area contributed by atoms with E-state index in [0.29, 0.717) is 22.8 Å². The number of nitrogens with zero attached hydrogens (tertiary/aromatic N) is 3. The van der Waals surface area contributed by atoms with E-state index in [1.54, 1.807) is 24.4 Å². The van der Waals surface area contributed by atoms with Crippen LogP contribution in [0.3, 0.4) is 0 Å². The van der Waals surface area contributed by atoms with Gasteiger partial charge in [0.15, 0.2) is 5.82 Å². The van der Waals surface area contributed by atoms with Crippen molar-refractivity contribution in [2.24, 2.45) is 0 Å². The molecule has 0 saturated heterocycles. The summed E-state index contributed by atoms with van der Waals surface area (Å²) in [6, 6.07) is 7.07. The van der Waals surface area contributed by atoms with E-state index in [1.165, 1.54) is 0 Å². The van der Waals surface area contributed by atoms with Crippen LogP contribution in [0, 0.1) is 4.77 Å². The topological polar surface area (TPSA) is 103 Å². The molecule has 0 spiro atoms. The van der Waals surface area contributed by atoms with Crippen LogP contribution in [0.1, 0.15) is 0 Å². The highest BCUT2D eigenvalue weighted by Crippen LogP contribution is 2.16. The van der Waals surface area contributed by atoms with Gasteiger partial charge in [0, 0.05) is 6.20 Å². The van der Waals surface area contributed by atoms with E-state index in [1.807, 2.05) is 6.07 Å². The Morgan fingerprint density at radius 2 is 2.05 bits per heavy atom. The molecule has 0 aliphatic rings. The molecule has 0 aliphatic heterocycles. The highest BCUT2D eigenvalue weighted by atomic mass is 32.1. The van der Waals surface area contributed by atoms with Crippen LogP contribution in [0.25, 0.3) is 22.8 Å². The maximum absolute atomic E-state index is 11.8. The van der Waals surface area contributed by atoms with E-state index in [9.17, 15) is 4.79 Å². The van der Waals surface area contributed by atoms with Crippen LogP contribution in [0.15, 0.2) is 35.3 Å². The molecule has 94 valence electrons. The van der Waals surface area contributed by atoms with Crippen molar-refractivity contribution >= 4 is 12.2 Å². The van der Waals surface area contributed by atoms with Crippen molar-refractivity contribution in [1.82, 2.24) is 30.4 Å². The molecule has 3 aromatic rings. The minimum Gasteiger partial charge on any atom is -0.281 e. The normalized spacial score (nSPS) is 10.5. The van der Waals surface area contributed by atoms with Crippen molar-refractivity contribution in [2.45, 2.75) is 0 Å². The zero-order chi connectivity index (χ0) is 13.2. The Balaban J connectivity index is 2.16. The molecule has 0 saturated carbocycles. The second kappa shape index (κ2) is 4.58. The standard InChI is InChI=1S/C11H8N6OS/c18-10-6(9-13-11(19)17-15-9)5-8(14-16-10)7-3-1-2-4-12-7/h1-5H,(H,16,18)(H2,13,15,17,19). The highest BCUT2D eigenvalue weighted by molar-refractivity contribution is 7.71. The predicted octanol–water partition coefficient (Wildman–Crippen LogP) is 1.28. The quantitative estimate of drug-likeness (QED) is 0.610. The Labute approximate surface area is 111 Å². The molecule has 3 rings (SSSR count). The Hall–Kier alpha value is -2.61. The monoisotopic (exact) mass is 272 g/mol. The van der Waals surface area contributed by atoms with Crippen molar-refractivity contribution in [3.63, 3.8) is 0 Å². The minimum atomic E-state index is -0.350. The van der Waals surface area contributed by atoms with Crippen LogP contribution in [-0.2, 0) is 0 Å². The van der Waals surface area contributed by atoms with E-state index < -0.39 is 0 Å². The van der Waals surface area contributed by atoms with Gasteiger partial charge in [0.25, 0.3) is 5.56 Å². The lowest BCUT2D eigenvalue weighted by Gasteiger charge is -2.00. The van der Waals surface area contributed by atoms with Gasteiger partial charge in [-0.25, -0.2) is 5.10 Å². The molecule has 19 heavy (non-hydrogen) atoms. The average Bonchev–Trinajstić information content (AvgIpc) is 2.87. The molecule has 0 atom stereocenters. The summed E-state index contributed by atoms with van der Waals surface area (Å²) in [7, 11) is 0. The Morgan fingerprint density at radius 3 is 2.74 bits per heavy atom. The highest BCUT2D eigenvalue weighted by Gasteiger charge is 2.10. The third-order valence-electron chi connectivity index (χ3n) is 2.49. The number of aromatic amines is 3. The number of nitrogens with one attached hydrogen (secondary N) is 3. The fraction of sp³-hybridized carbons (Fsp3) is 0. The summed E-state index contributed by atoms with van der Waals surface area (Å²) in [5.74, 6) is 0.367. The van der Waals surface area contributed by atoms with Gasteiger partial charge in [-0.15, -0.1) is 0 Å². The van der Waals surface area contributed by atoms with Gasteiger partial charge >= 0.3 is 0 Å². The van der Waals surface area contributed by atoms with E-state index >= 15 is 0 Å². The molecule has 3 N–H and O–H groups in total. The molecule has 0 amide bonds. The first-order valence-corrected chi connectivity index (χ1v) is 5.81. The first-order valence-electron chi connectivity index (χ1n) is 5.40. The fourth-order valence-corrected chi connectivity index (χ4v) is 1.77. The number of hydrogen-bond acceptors (Lipinski definition) is 5. The van der Waals surface area contributed by atoms with E-state index in [4.69, 9.17) is 12.2 Å². The predicted molar refractivity (Wildman–Crippen MR) is 70.9 cm³/mol. The largest absolute Gasteiger partial charge is 0.281 e. The van der Waals surface area contributed by atoms with Gasteiger partial charge in [-0.2, -0.15) is 10.1 Å². The van der Waals surface area contributed by atoms with Crippen LogP contribution in [-0.4, -0.2) is 30.4 Å². The van der Waals surface area contributed by atoms with Crippen molar-refractivity contribution in [3.05, 3.63) is 45.6 Å². The van der Waals surface area contributed by atoms with Crippen molar-refractivity contribution < 1.29 is 0 Å². The van der Waals surface area contributed by atoms with Crippen LogP contribution >= 0.6 is 12.2 Å². The Bertz CT molecular complexity index is 819. The molecule has 3 aromatic heterocycles. The van der Waals surface area contributed by atoms with E-state index in [2.05, 4.69) is 30.4 Å². The second-order valence-corrected chi connectivity index (χ2v) is 4.11. The fourth-order valence-electron chi connectivity index (χ4n) is 1.62. The zero-order valence-corrected chi connectivity index (χ0v) is 10.4. The molecule has 0 radical (unpaired) electrons. The Morgan fingerprint density at radius 1 is 1.16 bits per heavy atom. The molecule has 8 heteroatoms. The molecule has 0 fully saturated rings. The number of H-pyrrole nitrogens is 3. The molecular weight excluding hydrogens is 264 g/mol. The molecule has 7 nitrogen and oxygen atoms in total. The summed E-state index contributed by atoms with van der Waals surface area (Å²) in [6.07, 6.45) is 1.66. The van der Waals surface area contributed by atoms with Crippen LogP contribution in [0.2, 0.25) is 0 Å². The minimum absolute atomic E-state index is 0.283. The van der Waals surface area contributed by atoms with Crippen LogP contribution in [0.5, 0.6) is 0 Å². The molecule has 0 aliphatic carbocycles. The lowest BCUT2D eigenvalue weighted by molar-refractivity contribution is 0.983. The van der Waals surface area contributed by atoms with Gasteiger partial charge in [0.1, 0.15) is 5.69 Å². The first-order chi connectivity index (χ1) is 9.24. The maximum Gasteiger partial charge on any atom is 0.275 e. The summed E-state index contributed by atoms with van der Waals surface area (Å²) < 4.78 is 0.283. The summed E-state index contributed by atoms with van der Waals surface area (Å²) >= 11 is 4.86. The van der Waals surface area contributed by atoms with Gasteiger partial charge < -0.3 is 0 Å². The number of pyridine rings is 1. The van der Waals surface area contributed by atoms with Gasteiger partial charge in [-0.05, 0) is 30.4 Å². The lowest BCUT2D eigenvalue weighted by atomic mass is 10.2. The molecule has 3 heterocycles. The first kappa shape index (κ1) is 11.5. The van der Waals surface area contributed by atoms with Gasteiger partial charge in [0.2, 0.25) is 4.77 Å². The van der Waals surface area contributed by atoms with Gasteiger partial charge in [0.05, 0.1) is 11.3 Å². The van der Waals surface area contributed by atoms with Crippen LogP contribution < -0.4 is 5.56 Å². The van der Waals surface area contributed by atoms with Crippen LogP contribution in [0.4, 0.5) is 0 Å². The third-order valence-corrected chi connectivity index (χ3v) is 2.68. The summed E-state index contributed by atoms with van der Waals surface area (Å²) in [4.78, 5) is 20.0. The van der Waals surface area contributed by atoms with E-state index in [0.717, 1.165) is 0 Å². The summed E-state index contributed by atoms with van der Waals surface area (Å²) in [5.41, 5.74) is 1.21. The van der Waals surface area contributed by atoms with Gasteiger partial charge in [-0.3, -0.25) is 20.0 Å². The summed E-state index contributed by atoms with van der Waals surface area (Å²) in [6.45, 7) is 0. The SMILES string of the molecule is O=c1[nH]nc(-c2ccccn2)cc1-c1nc(=S)[nH][nH]1. The molecular formula is C11H8N6OS. The van der Waals surface area contributed by atoms with Crippen molar-refractivity contribution in [3.8, 4) is 22.8 Å². The Kier molecular flexibility index (Phi) is 2.76. The molecule has 0 unspecified atom stereocenters. The average molecular weight is 272 g/mol.